The van der Waals surface area contributed by atoms with E-state index in [0.717, 1.165) is 30.7 Å². The van der Waals surface area contributed by atoms with Gasteiger partial charge in [0.25, 0.3) is 0 Å². The van der Waals surface area contributed by atoms with Crippen LogP contribution in [0.3, 0.4) is 0 Å². The molecule has 0 aliphatic heterocycles. The summed E-state index contributed by atoms with van der Waals surface area (Å²) in [5.41, 5.74) is 7.14. The van der Waals surface area contributed by atoms with E-state index in [4.69, 9.17) is 10.5 Å². The summed E-state index contributed by atoms with van der Waals surface area (Å²) in [6.07, 6.45) is 5.45. The average Bonchev–Trinajstić information content (AvgIpc) is 2.91. The lowest BCUT2D eigenvalue weighted by Crippen LogP contribution is -2.30. The van der Waals surface area contributed by atoms with Gasteiger partial charge in [-0.25, -0.2) is 0 Å². The molecule has 0 heterocycles. The van der Waals surface area contributed by atoms with E-state index in [1.54, 1.807) is 12.1 Å². The van der Waals surface area contributed by atoms with Gasteiger partial charge in [-0.05, 0) is 55.2 Å². The van der Waals surface area contributed by atoms with Crippen LogP contribution in [0.4, 0.5) is 5.69 Å². The Morgan fingerprint density at radius 2 is 2.29 bits per heavy atom. The summed E-state index contributed by atoms with van der Waals surface area (Å²) in [6, 6.07) is 5.24. The number of hydrogen-bond donors (Lipinski definition) is 1. The Bertz CT molecular complexity index is 518. The zero-order valence-electron chi connectivity index (χ0n) is 12.8. The molecule has 0 radical (unpaired) electrons. The smallest absolute Gasteiger partial charge is 0.311 e. The van der Waals surface area contributed by atoms with Gasteiger partial charge in [-0.15, -0.1) is 0 Å². The first kappa shape index (κ1) is 15.8. The molecule has 2 atom stereocenters. The van der Waals surface area contributed by atoms with Crippen LogP contribution in [0.15, 0.2) is 18.2 Å². The molecule has 1 fully saturated rings. The van der Waals surface area contributed by atoms with Crippen LogP contribution in [0.2, 0.25) is 0 Å². The first-order valence-electron chi connectivity index (χ1n) is 7.55. The second kappa shape index (κ2) is 6.43. The second-order valence-corrected chi connectivity index (χ2v) is 6.16. The van der Waals surface area contributed by atoms with Crippen LogP contribution in [-0.2, 0) is 6.42 Å². The summed E-state index contributed by atoms with van der Waals surface area (Å²) < 4.78 is 5.05. The summed E-state index contributed by atoms with van der Waals surface area (Å²) in [7, 11) is 1.45. The van der Waals surface area contributed by atoms with Gasteiger partial charge in [0.1, 0.15) is 0 Å². The minimum atomic E-state index is -0.388. The molecule has 0 aromatic heterocycles. The van der Waals surface area contributed by atoms with Crippen LogP contribution in [0.5, 0.6) is 5.75 Å². The first-order chi connectivity index (χ1) is 10.0. The Balaban J connectivity index is 2.22. The predicted molar refractivity (Wildman–Crippen MR) is 82.5 cm³/mol. The van der Waals surface area contributed by atoms with Gasteiger partial charge in [-0.3, -0.25) is 10.1 Å². The van der Waals surface area contributed by atoms with E-state index in [1.165, 1.54) is 20.0 Å². The van der Waals surface area contributed by atoms with Gasteiger partial charge >= 0.3 is 5.69 Å². The van der Waals surface area contributed by atoms with Crippen molar-refractivity contribution in [2.75, 3.05) is 13.7 Å². The lowest BCUT2D eigenvalue weighted by molar-refractivity contribution is -0.385. The Hall–Kier alpha value is -1.62. The van der Waals surface area contributed by atoms with Gasteiger partial charge < -0.3 is 10.5 Å². The molecular weight excluding hydrogens is 268 g/mol. The van der Waals surface area contributed by atoms with E-state index >= 15 is 0 Å². The average molecular weight is 292 g/mol. The highest BCUT2D eigenvalue weighted by molar-refractivity contribution is 5.48. The first-order valence-corrected chi connectivity index (χ1v) is 7.55. The molecular formula is C16H24N2O3. The molecule has 1 aliphatic rings. The topological polar surface area (TPSA) is 78.4 Å². The lowest BCUT2D eigenvalue weighted by Gasteiger charge is -2.28. The number of hydrogen-bond acceptors (Lipinski definition) is 4. The minimum Gasteiger partial charge on any atom is -0.490 e. The van der Waals surface area contributed by atoms with Gasteiger partial charge in [-0.2, -0.15) is 0 Å². The molecule has 1 saturated carbocycles. The summed E-state index contributed by atoms with van der Waals surface area (Å²) in [6.45, 7) is 2.86. The molecule has 2 unspecified atom stereocenters. The van der Waals surface area contributed by atoms with Crippen LogP contribution in [0.1, 0.15) is 38.2 Å². The summed E-state index contributed by atoms with van der Waals surface area (Å²) in [5.74, 6) is 1.05. The van der Waals surface area contributed by atoms with Gasteiger partial charge in [0.2, 0.25) is 0 Å². The largest absolute Gasteiger partial charge is 0.490 e. The third-order valence-corrected chi connectivity index (χ3v) is 4.83. The van der Waals surface area contributed by atoms with E-state index in [0.29, 0.717) is 12.3 Å². The molecule has 2 N–H and O–H groups in total. The third kappa shape index (κ3) is 3.35. The number of nitro benzene ring substituents is 1. The SMILES string of the molecule is CCC1CCC(CN)(Cc2ccc(OC)c([N+](=O)[O-])c2)C1. The highest BCUT2D eigenvalue weighted by Gasteiger charge is 2.37. The number of methoxy groups -OCH3 is 1. The fraction of sp³-hybridized carbons (Fsp3) is 0.625. The van der Waals surface area contributed by atoms with Gasteiger partial charge in [0, 0.05) is 6.07 Å². The fourth-order valence-electron chi connectivity index (χ4n) is 3.51. The van der Waals surface area contributed by atoms with Crippen LogP contribution in [0, 0.1) is 21.4 Å². The summed E-state index contributed by atoms with van der Waals surface area (Å²) >= 11 is 0. The zero-order chi connectivity index (χ0) is 15.5. The van der Waals surface area contributed by atoms with Crippen molar-refractivity contribution >= 4 is 5.69 Å². The van der Waals surface area contributed by atoms with Gasteiger partial charge in [0.05, 0.1) is 12.0 Å². The molecule has 116 valence electrons. The van der Waals surface area contributed by atoms with E-state index in [2.05, 4.69) is 6.92 Å². The Labute approximate surface area is 125 Å². The van der Waals surface area contributed by atoms with E-state index < -0.39 is 0 Å². The van der Waals surface area contributed by atoms with Crippen LogP contribution >= 0.6 is 0 Å². The van der Waals surface area contributed by atoms with Crippen LogP contribution in [0.25, 0.3) is 0 Å². The van der Waals surface area contributed by atoms with Crippen molar-refractivity contribution in [2.24, 2.45) is 17.1 Å². The van der Waals surface area contributed by atoms with Crippen molar-refractivity contribution < 1.29 is 9.66 Å². The molecule has 2 rings (SSSR count). The maximum Gasteiger partial charge on any atom is 0.311 e. The van der Waals surface area contributed by atoms with E-state index in [9.17, 15) is 10.1 Å². The molecule has 1 aromatic carbocycles. The maximum atomic E-state index is 11.1. The number of nitrogens with two attached hydrogens (primary N) is 1. The summed E-state index contributed by atoms with van der Waals surface area (Å²) in [4.78, 5) is 10.7. The molecule has 21 heavy (non-hydrogen) atoms. The molecule has 5 nitrogen and oxygen atoms in total. The molecule has 0 amide bonds. The third-order valence-electron chi connectivity index (χ3n) is 4.83. The standard InChI is InChI=1S/C16H24N2O3/c1-3-12-6-7-16(9-12,11-17)10-13-4-5-15(21-2)14(8-13)18(19)20/h4-5,8,12H,3,6-7,9-11,17H2,1-2H3. The maximum absolute atomic E-state index is 11.1. The molecule has 1 aromatic rings. The van der Waals surface area contributed by atoms with Crippen molar-refractivity contribution in [1.82, 2.24) is 0 Å². The molecule has 1 aliphatic carbocycles. The van der Waals surface area contributed by atoms with Crippen LogP contribution < -0.4 is 10.5 Å². The van der Waals surface area contributed by atoms with Crippen molar-refractivity contribution in [2.45, 2.75) is 39.0 Å². The second-order valence-electron chi connectivity index (χ2n) is 6.16. The van der Waals surface area contributed by atoms with Gasteiger partial charge in [0.15, 0.2) is 5.75 Å². The zero-order valence-corrected chi connectivity index (χ0v) is 12.8. The molecule has 0 saturated heterocycles. The number of nitro groups is 1. The highest BCUT2D eigenvalue weighted by Crippen LogP contribution is 2.45. The Morgan fingerprint density at radius 1 is 1.52 bits per heavy atom. The van der Waals surface area contributed by atoms with Crippen molar-refractivity contribution in [3.63, 3.8) is 0 Å². The molecule has 5 heteroatoms. The minimum absolute atomic E-state index is 0.0345. The quantitative estimate of drug-likeness (QED) is 0.644. The number of benzene rings is 1. The Morgan fingerprint density at radius 3 is 2.81 bits per heavy atom. The lowest BCUT2D eigenvalue weighted by atomic mass is 9.79. The number of ether oxygens (including phenoxy) is 1. The van der Waals surface area contributed by atoms with Crippen molar-refractivity contribution in [3.05, 3.63) is 33.9 Å². The highest BCUT2D eigenvalue weighted by atomic mass is 16.6. The van der Waals surface area contributed by atoms with Crippen molar-refractivity contribution in [1.29, 1.82) is 0 Å². The monoisotopic (exact) mass is 292 g/mol. The van der Waals surface area contributed by atoms with E-state index in [1.807, 2.05) is 6.07 Å². The molecule has 0 bridgehead atoms. The fourth-order valence-corrected chi connectivity index (χ4v) is 3.51. The Kier molecular flexibility index (Phi) is 4.83. The normalized spacial score (nSPS) is 25.0. The number of nitrogens with zero attached hydrogens (tertiary/aromatic N) is 1. The number of rotatable bonds is 6. The van der Waals surface area contributed by atoms with Crippen molar-refractivity contribution in [3.8, 4) is 5.75 Å². The predicted octanol–water partition coefficient (Wildman–Crippen LogP) is 3.30. The van der Waals surface area contributed by atoms with Gasteiger partial charge in [-0.1, -0.05) is 19.4 Å². The van der Waals surface area contributed by atoms with E-state index in [-0.39, 0.29) is 16.0 Å². The molecule has 0 spiro atoms. The van der Waals surface area contributed by atoms with Crippen LogP contribution in [-0.4, -0.2) is 18.6 Å². The summed E-state index contributed by atoms with van der Waals surface area (Å²) in [5, 5.41) is 11.1.